The molecule has 2 heterocycles. The molecule has 0 radical (unpaired) electrons. The fourth-order valence-electron chi connectivity index (χ4n) is 3.27. The minimum atomic E-state index is 0.130. The van der Waals surface area contributed by atoms with Gasteiger partial charge in [0.25, 0.3) is 5.56 Å². The lowest BCUT2D eigenvalue weighted by Gasteiger charge is -2.14. The highest BCUT2D eigenvalue weighted by Crippen LogP contribution is 2.30. The third-order valence-corrected chi connectivity index (χ3v) is 6.82. The number of thioether (sulfide) groups is 2. The molecule has 1 aromatic heterocycles. The van der Waals surface area contributed by atoms with E-state index in [1.807, 2.05) is 22.8 Å². The van der Waals surface area contributed by atoms with Crippen molar-refractivity contribution in [1.29, 1.82) is 0 Å². The fraction of sp³-hybridized carbons (Fsp3) is 0.273. The number of benzene rings is 2. The fourth-order valence-corrected chi connectivity index (χ4v) is 5.29. The Morgan fingerprint density at radius 3 is 2.74 bits per heavy atom. The average molecular weight is 395 g/mol. The van der Waals surface area contributed by atoms with Crippen molar-refractivity contribution in [2.75, 3.05) is 5.75 Å². The topological polar surface area (TPSA) is 34.9 Å². The van der Waals surface area contributed by atoms with Crippen LogP contribution in [-0.4, -0.2) is 15.3 Å². The van der Waals surface area contributed by atoms with Crippen LogP contribution in [0, 0.1) is 6.92 Å². The van der Waals surface area contributed by atoms with Gasteiger partial charge in [-0.05, 0) is 24.5 Å². The molecule has 4 rings (SSSR count). The van der Waals surface area contributed by atoms with E-state index in [4.69, 9.17) is 4.98 Å². The van der Waals surface area contributed by atoms with E-state index in [1.165, 1.54) is 16.7 Å². The normalized spacial score (nSPS) is 12.9. The summed E-state index contributed by atoms with van der Waals surface area (Å²) in [4.78, 5) is 18.8. The van der Waals surface area contributed by atoms with Crippen molar-refractivity contribution in [2.45, 2.75) is 42.1 Å². The molecular formula is C22H22N2OS2. The molecule has 3 nitrogen and oxygen atoms in total. The molecule has 0 fully saturated rings. The maximum atomic E-state index is 13.1. The van der Waals surface area contributed by atoms with Gasteiger partial charge in [-0.3, -0.25) is 9.36 Å². The Kier molecular flexibility index (Phi) is 5.69. The van der Waals surface area contributed by atoms with Crippen LogP contribution in [0.4, 0.5) is 0 Å². The highest BCUT2D eigenvalue weighted by atomic mass is 32.2. The van der Waals surface area contributed by atoms with E-state index < -0.39 is 0 Å². The Balaban J connectivity index is 1.60. The molecule has 0 N–H and O–H groups in total. The Morgan fingerprint density at radius 2 is 1.93 bits per heavy atom. The first-order valence-corrected chi connectivity index (χ1v) is 11.2. The van der Waals surface area contributed by atoms with Gasteiger partial charge in [0, 0.05) is 24.5 Å². The SMILES string of the molecule is Cc1cccc(CSc2nc3c(c(=O)n2CCc2ccccc2)SCC3)c1. The van der Waals surface area contributed by atoms with E-state index in [-0.39, 0.29) is 5.56 Å². The zero-order chi connectivity index (χ0) is 18.6. The van der Waals surface area contributed by atoms with E-state index >= 15 is 0 Å². The van der Waals surface area contributed by atoms with Gasteiger partial charge in [0.15, 0.2) is 5.16 Å². The van der Waals surface area contributed by atoms with Crippen molar-refractivity contribution in [3.8, 4) is 0 Å². The Labute approximate surface area is 168 Å². The molecule has 138 valence electrons. The van der Waals surface area contributed by atoms with E-state index in [0.717, 1.165) is 40.1 Å². The standard InChI is InChI=1S/C22H22N2OS2/c1-16-6-5-9-18(14-16)15-27-22-23-19-11-13-26-20(19)21(25)24(22)12-10-17-7-3-2-4-8-17/h2-9,14H,10-13,15H2,1H3. The van der Waals surface area contributed by atoms with Crippen LogP contribution >= 0.6 is 23.5 Å². The van der Waals surface area contributed by atoms with E-state index in [1.54, 1.807) is 23.5 Å². The summed E-state index contributed by atoms with van der Waals surface area (Å²) in [5.74, 6) is 1.79. The zero-order valence-electron chi connectivity index (χ0n) is 15.4. The van der Waals surface area contributed by atoms with Crippen LogP contribution in [0.3, 0.4) is 0 Å². The second kappa shape index (κ2) is 8.36. The zero-order valence-corrected chi connectivity index (χ0v) is 17.0. The van der Waals surface area contributed by atoms with Crippen LogP contribution in [-0.2, 0) is 25.1 Å². The second-order valence-electron chi connectivity index (χ2n) is 6.74. The first-order chi connectivity index (χ1) is 13.2. The highest BCUT2D eigenvalue weighted by Gasteiger charge is 2.21. The lowest BCUT2D eigenvalue weighted by atomic mass is 10.1. The van der Waals surface area contributed by atoms with Crippen LogP contribution in [0.1, 0.15) is 22.4 Å². The summed E-state index contributed by atoms with van der Waals surface area (Å²) in [7, 11) is 0. The number of aromatic nitrogens is 2. The quantitative estimate of drug-likeness (QED) is 0.447. The van der Waals surface area contributed by atoms with Crippen molar-refractivity contribution in [1.82, 2.24) is 9.55 Å². The van der Waals surface area contributed by atoms with Gasteiger partial charge in [-0.2, -0.15) is 0 Å². The van der Waals surface area contributed by atoms with Crippen LogP contribution in [0.2, 0.25) is 0 Å². The summed E-state index contributed by atoms with van der Waals surface area (Å²) >= 11 is 3.32. The summed E-state index contributed by atoms with van der Waals surface area (Å²) in [6, 6.07) is 18.9. The Hall–Kier alpha value is -1.98. The van der Waals surface area contributed by atoms with Gasteiger partial charge in [-0.25, -0.2) is 4.98 Å². The molecule has 0 bridgehead atoms. The molecule has 0 amide bonds. The lowest BCUT2D eigenvalue weighted by molar-refractivity contribution is 0.565. The predicted octanol–water partition coefficient (Wildman–Crippen LogP) is 4.73. The smallest absolute Gasteiger partial charge is 0.268 e. The molecule has 3 aromatic rings. The monoisotopic (exact) mass is 394 g/mol. The molecule has 0 atom stereocenters. The maximum Gasteiger partial charge on any atom is 0.268 e. The molecule has 27 heavy (non-hydrogen) atoms. The summed E-state index contributed by atoms with van der Waals surface area (Å²) in [6.07, 6.45) is 1.73. The number of hydrogen-bond acceptors (Lipinski definition) is 4. The molecule has 0 spiro atoms. The Morgan fingerprint density at radius 1 is 1.11 bits per heavy atom. The molecule has 1 aliphatic heterocycles. The van der Waals surface area contributed by atoms with Gasteiger partial charge in [-0.15, -0.1) is 11.8 Å². The molecule has 5 heteroatoms. The second-order valence-corrected chi connectivity index (χ2v) is 8.79. The molecule has 0 saturated heterocycles. The molecule has 0 saturated carbocycles. The molecule has 0 unspecified atom stereocenters. The number of fused-ring (bicyclic) bond motifs is 1. The highest BCUT2D eigenvalue weighted by molar-refractivity contribution is 7.99. The van der Waals surface area contributed by atoms with Gasteiger partial charge in [0.05, 0.1) is 10.6 Å². The molecular weight excluding hydrogens is 372 g/mol. The summed E-state index contributed by atoms with van der Waals surface area (Å²) < 4.78 is 1.88. The van der Waals surface area contributed by atoms with Crippen molar-refractivity contribution < 1.29 is 0 Å². The minimum absolute atomic E-state index is 0.130. The van der Waals surface area contributed by atoms with Gasteiger partial charge >= 0.3 is 0 Å². The van der Waals surface area contributed by atoms with Gasteiger partial charge in [0.2, 0.25) is 0 Å². The Bertz CT molecular complexity index is 999. The lowest BCUT2D eigenvalue weighted by Crippen LogP contribution is -2.26. The maximum absolute atomic E-state index is 13.1. The number of nitrogens with zero attached hydrogens (tertiary/aromatic N) is 2. The number of hydrogen-bond donors (Lipinski definition) is 0. The number of aryl methyl sites for hydroxylation is 3. The molecule has 0 aliphatic carbocycles. The van der Waals surface area contributed by atoms with Gasteiger partial charge in [-0.1, -0.05) is 71.9 Å². The molecule has 2 aromatic carbocycles. The first kappa shape index (κ1) is 18.4. The number of rotatable bonds is 6. The third-order valence-electron chi connectivity index (χ3n) is 4.67. The van der Waals surface area contributed by atoms with Crippen molar-refractivity contribution in [3.63, 3.8) is 0 Å². The minimum Gasteiger partial charge on any atom is -0.286 e. The largest absolute Gasteiger partial charge is 0.286 e. The van der Waals surface area contributed by atoms with Gasteiger partial charge in [0.1, 0.15) is 0 Å². The third kappa shape index (κ3) is 4.30. The van der Waals surface area contributed by atoms with Crippen molar-refractivity contribution >= 4 is 23.5 Å². The van der Waals surface area contributed by atoms with Crippen LogP contribution in [0.25, 0.3) is 0 Å². The van der Waals surface area contributed by atoms with Gasteiger partial charge < -0.3 is 0 Å². The summed E-state index contributed by atoms with van der Waals surface area (Å²) in [6.45, 7) is 2.77. The summed E-state index contributed by atoms with van der Waals surface area (Å²) in [5.41, 5.74) is 4.87. The molecule has 1 aliphatic rings. The van der Waals surface area contributed by atoms with E-state index in [2.05, 4.69) is 43.3 Å². The van der Waals surface area contributed by atoms with Crippen LogP contribution < -0.4 is 5.56 Å². The van der Waals surface area contributed by atoms with E-state index in [9.17, 15) is 4.79 Å². The first-order valence-electron chi connectivity index (χ1n) is 9.19. The predicted molar refractivity (Wildman–Crippen MR) is 114 cm³/mol. The van der Waals surface area contributed by atoms with Crippen LogP contribution in [0.5, 0.6) is 0 Å². The average Bonchev–Trinajstić information content (AvgIpc) is 3.15. The summed E-state index contributed by atoms with van der Waals surface area (Å²) in [5, 5.41) is 0.846. The van der Waals surface area contributed by atoms with E-state index in [0.29, 0.717) is 6.54 Å². The van der Waals surface area contributed by atoms with Crippen molar-refractivity contribution in [2.24, 2.45) is 0 Å². The van der Waals surface area contributed by atoms with Crippen molar-refractivity contribution in [3.05, 3.63) is 87.3 Å². The van der Waals surface area contributed by atoms with Crippen LogP contribution in [0.15, 0.2) is 69.4 Å².